The zero-order valence-corrected chi connectivity index (χ0v) is 11.3. The average molecular weight is 261 g/mol. The summed E-state index contributed by atoms with van der Waals surface area (Å²) in [5.41, 5.74) is 8.62. The summed E-state index contributed by atoms with van der Waals surface area (Å²) in [7, 11) is 1.71. The first kappa shape index (κ1) is 13.5. The summed E-state index contributed by atoms with van der Waals surface area (Å²) in [6, 6.07) is 5.83. The number of tetrazole rings is 1. The highest BCUT2D eigenvalue weighted by Gasteiger charge is 2.09. The molecule has 0 saturated carbocycles. The maximum absolute atomic E-state index is 5.82. The molecule has 2 aromatic rings. The fourth-order valence-electron chi connectivity index (χ4n) is 1.88. The van der Waals surface area contributed by atoms with Crippen LogP contribution in [-0.4, -0.2) is 33.9 Å². The predicted octanol–water partition coefficient (Wildman–Crippen LogP) is 1.66. The largest absolute Gasteiger partial charge is 0.399 e. The molecule has 102 valence electrons. The molecule has 1 heterocycles. The normalized spacial score (nSPS) is 10.8. The lowest BCUT2D eigenvalue weighted by Crippen LogP contribution is -2.04. The minimum absolute atomic E-state index is 0.762. The Kier molecular flexibility index (Phi) is 4.46. The monoisotopic (exact) mass is 261 g/mol. The quantitative estimate of drug-likeness (QED) is 0.632. The molecule has 0 aliphatic rings. The molecule has 0 unspecified atom stereocenters. The molecule has 0 atom stereocenters. The van der Waals surface area contributed by atoms with Gasteiger partial charge < -0.3 is 10.5 Å². The number of nitrogens with two attached hydrogens (primary N) is 1. The van der Waals surface area contributed by atoms with E-state index in [4.69, 9.17) is 10.5 Å². The summed E-state index contributed by atoms with van der Waals surface area (Å²) in [6.07, 6.45) is 1.98. The molecule has 19 heavy (non-hydrogen) atoms. The fourth-order valence-corrected chi connectivity index (χ4v) is 1.88. The zero-order chi connectivity index (χ0) is 13.7. The van der Waals surface area contributed by atoms with Gasteiger partial charge in [-0.2, -0.15) is 0 Å². The summed E-state index contributed by atoms with van der Waals surface area (Å²) in [6.45, 7) is 3.53. The second kappa shape index (κ2) is 6.29. The highest BCUT2D eigenvalue weighted by molar-refractivity contribution is 5.61. The van der Waals surface area contributed by atoms with Gasteiger partial charge in [-0.3, -0.25) is 0 Å². The third-order valence-corrected chi connectivity index (χ3v) is 3.03. The fraction of sp³-hybridized carbons (Fsp3) is 0.462. The Balaban J connectivity index is 2.12. The van der Waals surface area contributed by atoms with Gasteiger partial charge in [-0.15, -0.1) is 5.10 Å². The Bertz CT molecular complexity index is 538. The van der Waals surface area contributed by atoms with E-state index in [1.165, 1.54) is 0 Å². The number of anilines is 1. The van der Waals surface area contributed by atoms with Gasteiger partial charge in [0.1, 0.15) is 0 Å². The number of unbranched alkanes of at least 4 members (excludes halogenated alkanes) is 1. The van der Waals surface area contributed by atoms with E-state index >= 15 is 0 Å². The topological polar surface area (TPSA) is 78.8 Å². The Morgan fingerprint density at radius 2 is 2.16 bits per heavy atom. The summed E-state index contributed by atoms with van der Waals surface area (Å²) in [4.78, 5) is 0. The standard InChI is InChI=1S/C13H19N5O/c1-10-9-11(5-6-12(10)14)13-15-16-17-18(13)7-3-4-8-19-2/h5-6,9H,3-4,7-8,14H2,1-2H3. The van der Waals surface area contributed by atoms with Gasteiger partial charge in [-0.05, 0) is 54.0 Å². The number of benzene rings is 1. The van der Waals surface area contributed by atoms with Crippen molar-refractivity contribution in [3.63, 3.8) is 0 Å². The van der Waals surface area contributed by atoms with Gasteiger partial charge in [0.2, 0.25) is 0 Å². The van der Waals surface area contributed by atoms with E-state index in [0.29, 0.717) is 0 Å². The minimum atomic E-state index is 0.762. The SMILES string of the molecule is COCCCCn1nnnc1-c1ccc(N)c(C)c1. The Morgan fingerprint density at radius 3 is 2.89 bits per heavy atom. The van der Waals surface area contributed by atoms with Crippen molar-refractivity contribution in [2.24, 2.45) is 0 Å². The second-order valence-electron chi connectivity index (χ2n) is 4.50. The molecule has 0 amide bonds. The van der Waals surface area contributed by atoms with Crippen LogP contribution in [0.15, 0.2) is 18.2 Å². The molecular weight excluding hydrogens is 242 g/mol. The molecule has 6 heteroatoms. The third-order valence-electron chi connectivity index (χ3n) is 3.03. The van der Waals surface area contributed by atoms with Crippen molar-refractivity contribution in [1.29, 1.82) is 0 Å². The van der Waals surface area contributed by atoms with Crippen molar-refractivity contribution >= 4 is 5.69 Å². The molecule has 1 aromatic carbocycles. The number of aromatic nitrogens is 4. The van der Waals surface area contributed by atoms with Crippen LogP contribution >= 0.6 is 0 Å². The van der Waals surface area contributed by atoms with Gasteiger partial charge in [-0.1, -0.05) is 0 Å². The Labute approximate surface area is 112 Å². The van der Waals surface area contributed by atoms with Crippen LogP contribution in [0.25, 0.3) is 11.4 Å². The first-order valence-corrected chi connectivity index (χ1v) is 6.34. The molecule has 0 spiro atoms. The molecule has 6 nitrogen and oxygen atoms in total. The zero-order valence-electron chi connectivity index (χ0n) is 11.3. The summed E-state index contributed by atoms with van der Waals surface area (Å²) >= 11 is 0. The van der Waals surface area contributed by atoms with Gasteiger partial charge in [-0.25, -0.2) is 4.68 Å². The Morgan fingerprint density at radius 1 is 1.32 bits per heavy atom. The number of hydrogen-bond acceptors (Lipinski definition) is 5. The van der Waals surface area contributed by atoms with Crippen molar-refractivity contribution in [3.05, 3.63) is 23.8 Å². The van der Waals surface area contributed by atoms with Crippen molar-refractivity contribution in [2.45, 2.75) is 26.3 Å². The summed E-state index contributed by atoms with van der Waals surface area (Å²) in [5.74, 6) is 0.778. The van der Waals surface area contributed by atoms with Crippen LogP contribution in [0.1, 0.15) is 18.4 Å². The average Bonchev–Trinajstić information content (AvgIpc) is 2.86. The molecule has 2 N–H and O–H groups in total. The molecule has 0 aliphatic heterocycles. The second-order valence-corrected chi connectivity index (χ2v) is 4.50. The number of aryl methyl sites for hydroxylation is 2. The number of hydrogen-bond donors (Lipinski definition) is 1. The van der Waals surface area contributed by atoms with Gasteiger partial charge in [0, 0.05) is 31.5 Å². The third kappa shape index (κ3) is 3.29. The van der Waals surface area contributed by atoms with E-state index in [1.807, 2.05) is 29.8 Å². The van der Waals surface area contributed by atoms with Crippen molar-refractivity contribution < 1.29 is 4.74 Å². The van der Waals surface area contributed by atoms with Crippen molar-refractivity contribution in [2.75, 3.05) is 19.5 Å². The number of nitrogens with zero attached hydrogens (tertiary/aromatic N) is 4. The maximum Gasteiger partial charge on any atom is 0.182 e. The van der Waals surface area contributed by atoms with Crippen LogP contribution in [0.3, 0.4) is 0 Å². The van der Waals surface area contributed by atoms with E-state index in [-0.39, 0.29) is 0 Å². The molecular formula is C13H19N5O. The number of nitrogen functional groups attached to an aromatic ring is 1. The van der Waals surface area contributed by atoms with E-state index < -0.39 is 0 Å². The number of rotatable bonds is 6. The lowest BCUT2D eigenvalue weighted by molar-refractivity contribution is 0.191. The predicted molar refractivity (Wildman–Crippen MR) is 73.5 cm³/mol. The van der Waals surface area contributed by atoms with Crippen molar-refractivity contribution in [3.8, 4) is 11.4 Å². The molecule has 2 rings (SSSR count). The van der Waals surface area contributed by atoms with Crippen LogP contribution in [0.2, 0.25) is 0 Å². The number of ether oxygens (including phenoxy) is 1. The lowest BCUT2D eigenvalue weighted by Gasteiger charge is -2.06. The molecule has 0 radical (unpaired) electrons. The van der Waals surface area contributed by atoms with E-state index in [0.717, 1.165) is 48.6 Å². The molecule has 0 bridgehead atoms. The molecule has 0 aliphatic carbocycles. The summed E-state index contributed by atoms with van der Waals surface area (Å²) < 4.78 is 6.85. The van der Waals surface area contributed by atoms with E-state index in [2.05, 4.69) is 15.5 Å². The maximum atomic E-state index is 5.82. The molecule has 1 aromatic heterocycles. The highest BCUT2D eigenvalue weighted by Crippen LogP contribution is 2.21. The Hall–Kier alpha value is -1.95. The van der Waals surface area contributed by atoms with Gasteiger partial charge >= 0.3 is 0 Å². The summed E-state index contributed by atoms with van der Waals surface area (Å²) in [5, 5.41) is 11.9. The first-order chi connectivity index (χ1) is 9.22. The smallest absolute Gasteiger partial charge is 0.182 e. The molecule has 0 saturated heterocycles. The lowest BCUT2D eigenvalue weighted by atomic mass is 10.1. The van der Waals surface area contributed by atoms with Gasteiger partial charge in [0.05, 0.1) is 0 Å². The van der Waals surface area contributed by atoms with Crippen LogP contribution in [0.5, 0.6) is 0 Å². The van der Waals surface area contributed by atoms with E-state index in [1.54, 1.807) is 7.11 Å². The minimum Gasteiger partial charge on any atom is -0.399 e. The highest BCUT2D eigenvalue weighted by atomic mass is 16.5. The van der Waals surface area contributed by atoms with Crippen molar-refractivity contribution in [1.82, 2.24) is 20.2 Å². The number of methoxy groups -OCH3 is 1. The van der Waals surface area contributed by atoms with Crippen LogP contribution in [0, 0.1) is 6.92 Å². The van der Waals surface area contributed by atoms with Gasteiger partial charge in [0.25, 0.3) is 0 Å². The van der Waals surface area contributed by atoms with Gasteiger partial charge in [0.15, 0.2) is 5.82 Å². The van der Waals surface area contributed by atoms with Crippen LogP contribution < -0.4 is 5.73 Å². The first-order valence-electron chi connectivity index (χ1n) is 6.34. The van der Waals surface area contributed by atoms with E-state index in [9.17, 15) is 0 Å². The van der Waals surface area contributed by atoms with Crippen LogP contribution in [0.4, 0.5) is 5.69 Å². The van der Waals surface area contributed by atoms with Crippen LogP contribution in [-0.2, 0) is 11.3 Å². The molecule has 0 fully saturated rings.